The Morgan fingerprint density at radius 1 is 1.11 bits per heavy atom. The molecule has 0 bridgehead atoms. The van der Waals surface area contributed by atoms with Crippen LogP contribution in [0.5, 0.6) is 5.75 Å². The minimum Gasteiger partial charge on any atom is -0.494 e. The Bertz CT molecular complexity index is 912. The molecule has 0 radical (unpaired) electrons. The molecule has 2 aliphatic rings. The molecule has 1 fully saturated rings. The second kappa shape index (κ2) is 7.54. The third kappa shape index (κ3) is 3.30. The molecule has 0 unspecified atom stereocenters. The minimum absolute atomic E-state index is 0.0442. The molecule has 2 aromatic carbocycles. The fourth-order valence-corrected chi connectivity index (χ4v) is 4.01. The SMILES string of the molecule is COc1cc(N[C@@H](C)C(=O)N2CCc3ccccc32)ccc1N1CCCC1=O. The van der Waals surface area contributed by atoms with Crippen LogP contribution in [0.4, 0.5) is 17.1 Å². The van der Waals surface area contributed by atoms with Crippen molar-refractivity contribution >= 4 is 28.9 Å². The van der Waals surface area contributed by atoms with Crippen molar-refractivity contribution < 1.29 is 14.3 Å². The Kier molecular flexibility index (Phi) is 4.94. The van der Waals surface area contributed by atoms with Gasteiger partial charge in [-0.05, 0) is 43.5 Å². The molecule has 146 valence electrons. The van der Waals surface area contributed by atoms with E-state index in [1.807, 2.05) is 48.2 Å². The molecule has 2 aliphatic heterocycles. The standard InChI is InChI=1S/C22H25N3O3/c1-15(22(27)25-13-11-16-6-3-4-7-18(16)25)23-17-9-10-19(20(14-17)28-2)24-12-5-8-21(24)26/h3-4,6-7,9-10,14-15,23H,5,8,11-13H2,1-2H3/t15-/m0/s1. The number of anilines is 3. The first-order valence-electron chi connectivity index (χ1n) is 9.72. The summed E-state index contributed by atoms with van der Waals surface area (Å²) >= 11 is 0. The molecule has 2 amide bonds. The zero-order valence-corrected chi connectivity index (χ0v) is 16.3. The summed E-state index contributed by atoms with van der Waals surface area (Å²) in [6.07, 6.45) is 2.33. The number of para-hydroxylation sites is 1. The Hall–Kier alpha value is -3.02. The van der Waals surface area contributed by atoms with E-state index in [4.69, 9.17) is 4.74 Å². The molecule has 1 N–H and O–H groups in total. The van der Waals surface area contributed by atoms with Gasteiger partial charge in [0.1, 0.15) is 11.8 Å². The number of benzene rings is 2. The summed E-state index contributed by atoms with van der Waals surface area (Å²) in [6, 6.07) is 13.3. The van der Waals surface area contributed by atoms with Gasteiger partial charge < -0.3 is 19.9 Å². The van der Waals surface area contributed by atoms with Gasteiger partial charge in [-0.25, -0.2) is 0 Å². The number of amides is 2. The van der Waals surface area contributed by atoms with Crippen LogP contribution < -0.4 is 19.9 Å². The third-order valence-corrected chi connectivity index (χ3v) is 5.45. The van der Waals surface area contributed by atoms with E-state index in [-0.39, 0.29) is 17.9 Å². The Labute approximate surface area is 165 Å². The van der Waals surface area contributed by atoms with Crippen LogP contribution in [-0.4, -0.2) is 38.1 Å². The van der Waals surface area contributed by atoms with Crippen LogP contribution in [0.3, 0.4) is 0 Å². The summed E-state index contributed by atoms with van der Waals surface area (Å²) in [4.78, 5) is 28.6. The number of rotatable bonds is 5. The highest BCUT2D eigenvalue weighted by atomic mass is 16.5. The normalized spacial score (nSPS) is 16.9. The first kappa shape index (κ1) is 18.3. The van der Waals surface area contributed by atoms with E-state index in [1.54, 1.807) is 12.0 Å². The molecular weight excluding hydrogens is 354 g/mol. The van der Waals surface area contributed by atoms with Crippen LogP contribution in [0.25, 0.3) is 0 Å². The molecule has 0 saturated carbocycles. The second-order valence-corrected chi connectivity index (χ2v) is 7.27. The van der Waals surface area contributed by atoms with Crippen molar-refractivity contribution in [2.75, 3.05) is 35.3 Å². The van der Waals surface area contributed by atoms with Crippen molar-refractivity contribution in [3.63, 3.8) is 0 Å². The lowest BCUT2D eigenvalue weighted by atomic mass is 10.2. The molecule has 6 heteroatoms. The van der Waals surface area contributed by atoms with E-state index < -0.39 is 0 Å². The van der Waals surface area contributed by atoms with Crippen molar-refractivity contribution in [2.24, 2.45) is 0 Å². The Morgan fingerprint density at radius 2 is 1.93 bits per heavy atom. The zero-order valence-electron chi connectivity index (χ0n) is 16.3. The average molecular weight is 379 g/mol. The quantitative estimate of drug-likeness (QED) is 0.867. The lowest BCUT2D eigenvalue weighted by Gasteiger charge is -2.24. The molecule has 6 nitrogen and oxygen atoms in total. The summed E-state index contributed by atoms with van der Waals surface area (Å²) in [6.45, 7) is 3.29. The fourth-order valence-electron chi connectivity index (χ4n) is 4.01. The van der Waals surface area contributed by atoms with Crippen LogP contribution in [0, 0.1) is 0 Å². The maximum Gasteiger partial charge on any atom is 0.249 e. The number of methoxy groups -OCH3 is 1. The van der Waals surface area contributed by atoms with E-state index in [9.17, 15) is 9.59 Å². The first-order chi connectivity index (χ1) is 13.6. The molecular formula is C22H25N3O3. The molecule has 2 heterocycles. The fraction of sp³-hybridized carbons (Fsp3) is 0.364. The molecule has 28 heavy (non-hydrogen) atoms. The summed E-state index contributed by atoms with van der Waals surface area (Å²) in [5.41, 5.74) is 3.79. The van der Waals surface area contributed by atoms with E-state index in [2.05, 4.69) is 11.4 Å². The lowest BCUT2D eigenvalue weighted by Crippen LogP contribution is -2.40. The molecule has 1 atom stereocenters. The highest BCUT2D eigenvalue weighted by Gasteiger charge is 2.28. The van der Waals surface area contributed by atoms with Gasteiger partial charge in [0.25, 0.3) is 0 Å². The van der Waals surface area contributed by atoms with Crippen LogP contribution in [0.1, 0.15) is 25.3 Å². The zero-order chi connectivity index (χ0) is 19.7. The predicted octanol–water partition coefficient (Wildman–Crippen LogP) is 3.21. The number of nitrogens with one attached hydrogen (secondary N) is 1. The van der Waals surface area contributed by atoms with E-state index in [0.717, 1.165) is 29.9 Å². The highest BCUT2D eigenvalue weighted by Crippen LogP contribution is 2.34. The average Bonchev–Trinajstić information content (AvgIpc) is 3.33. The minimum atomic E-state index is -0.380. The summed E-state index contributed by atoms with van der Waals surface area (Å²) in [5.74, 6) is 0.796. The number of ether oxygens (including phenoxy) is 1. The Balaban J connectivity index is 1.49. The first-order valence-corrected chi connectivity index (χ1v) is 9.72. The van der Waals surface area contributed by atoms with Gasteiger partial charge in [-0.2, -0.15) is 0 Å². The summed E-state index contributed by atoms with van der Waals surface area (Å²) in [5, 5.41) is 3.28. The number of nitrogens with zero attached hydrogens (tertiary/aromatic N) is 2. The molecule has 2 aromatic rings. The van der Waals surface area contributed by atoms with Gasteiger partial charge in [0.15, 0.2) is 0 Å². The topological polar surface area (TPSA) is 61.9 Å². The van der Waals surface area contributed by atoms with E-state index in [1.165, 1.54) is 5.56 Å². The smallest absolute Gasteiger partial charge is 0.249 e. The van der Waals surface area contributed by atoms with Gasteiger partial charge in [0.2, 0.25) is 11.8 Å². The van der Waals surface area contributed by atoms with Gasteiger partial charge in [-0.15, -0.1) is 0 Å². The highest BCUT2D eigenvalue weighted by molar-refractivity contribution is 6.00. The van der Waals surface area contributed by atoms with Gasteiger partial charge in [0, 0.05) is 37.0 Å². The number of carbonyl (C=O) groups excluding carboxylic acids is 2. The van der Waals surface area contributed by atoms with Gasteiger partial charge >= 0.3 is 0 Å². The van der Waals surface area contributed by atoms with Gasteiger partial charge in [-0.3, -0.25) is 9.59 Å². The van der Waals surface area contributed by atoms with Crippen molar-refractivity contribution in [1.82, 2.24) is 0 Å². The number of fused-ring (bicyclic) bond motifs is 1. The van der Waals surface area contributed by atoms with Crippen LogP contribution in [-0.2, 0) is 16.0 Å². The Morgan fingerprint density at radius 3 is 2.68 bits per heavy atom. The largest absolute Gasteiger partial charge is 0.494 e. The second-order valence-electron chi connectivity index (χ2n) is 7.27. The summed E-state index contributed by atoms with van der Waals surface area (Å²) in [7, 11) is 1.60. The van der Waals surface area contributed by atoms with Crippen LogP contribution in [0.2, 0.25) is 0 Å². The molecule has 4 rings (SSSR count). The van der Waals surface area contributed by atoms with Gasteiger partial charge in [-0.1, -0.05) is 18.2 Å². The number of hydrogen-bond donors (Lipinski definition) is 1. The van der Waals surface area contributed by atoms with Crippen molar-refractivity contribution in [2.45, 2.75) is 32.2 Å². The van der Waals surface area contributed by atoms with Gasteiger partial charge in [0.05, 0.1) is 12.8 Å². The van der Waals surface area contributed by atoms with E-state index in [0.29, 0.717) is 25.3 Å². The molecule has 0 spiro atoms. The monoisotopic (exact) mass is 379 g/mol. The number of carbonyl (C=O) groups is 2. The van der Waals surface area contributed by atoms with Crippen molar-refractivity contribution in [3.05, 3.63) is 48.0 Å². The molecule has 0 aliphatic carbocycles. The third-order valence-electron chi connectivity index (χ3n) is 5.45. The lowest BCUT2D eigenvalue weighted by molar-refractivity contribution is -0.119. The molecule has 0 aromatic heterocycles. The van der Waals surface area contributed by atoms with Crippen molar-refractivity contribution in [3.8, 4) is 5.75 Å². The van der Waals surface area contributed by atoms with Crippen LogP contribution in [0.15, 0.2) is 42.5 Å². The van der Waals surface area contributed by atoms with Crippen molar-refractivity contribution in [1.29, 1.82) is 0 Å². The number of hydrogen-bond acceptors (Lipinski definition) is 4. The maximum absolute atomic E-state index is 13.0. The predicted molar refractivity (Wildman–Crippen MR) is 110 cm³/mol. The maximum atomic E-state index is 13.0. The van der Waals surface area contributed by atoms with E-state index >= 15 is 0 Å². The van der Waals surface area contributed by atoms with Crippen LogP contribution >= 0.6 is 0 Å². The summed E-state index contributed by atoms with van der Waals surface area (Å²) < 4.78 is 5.51. The molecule has 1 saturated heterocycles.